The molecule has 0 spiro atoms. The number of thiophene rings is 1. The minimum absolute atomic E-state index is 0.0882. The standard InChI is InChI=1S/C26H13F9N2OS/c1-12-18(11-17(24(27,28)29)21(26(33,34)35)20(12)25(30,31)32)38-23-16-10-14-6-3-2-5-13(14)9-15(16)22(36-37-23)19-7-4-8-39-19/h2-11H,1H3. The van der Waals surface area contributed by atoms with Crippen molar-refractivity contribution in [2.45, 2.75) is 25.5 Å². The van der Waals surface area contributed by atoms with Crippen molar-refractivity contribution in [1.29, 1.82) is 0 Å². The molecule has 0 saturated carbocycles. The largest absolute Gasteiger partial charge is 0.437 e. The van der Waals surface area contributed by atoms with E-state index in [0.717, 1.165) is 5.39 Å². The monoisotopic (exact) mass is 572 g/mol. The molecular formula is C26H13F9N2OS. The second kappa shape index (κ2) is 9.11. The summed E-state index contributed by atoms with van der Waals surface area (Å²) in [6, 6.07) is 13.7. The van der Waals surface area contributed by atoms with Crippen LogP contribution in [0.2, 0.25) is 0 Å². The Labute approximate surface area is 217 Å². The summed E-state index contributed by atoms with van der Waals surface area (Å²) in [5.74, 6) is -1.56. The van der Waals surface area contributed by atoms with Crippen LogP contribution in [0.25, 0.3) is 32.1 Å². The van der Waals surface area contributed by atoms with E-state index in [2.05, 4.69) is 10.2 Å². The normalized spacial score (nSPS) is 12.9. The molecule has 0 aliphatic heterocycles. The van der Waals surface area contributed by atoms with Crippen LogP contribution >= 0.6 is 11.3 Å². The molecule has 2 heterocycles. The molecule has 5 aromatic rings. The molecule has 0 unspecified atom stereocenters. The Bertz CT molecular complexity index is 1710. The van der Waals surface area contributed by atoms with Crippen LogP contribution in [0.4, 0.5) is 39.5 Å². The predicted molar refractivity (Wildman–Crippen MR) is 127 cm³/mol. The molecule has 0 aliphatic carbocycles. The minimum Gasteiger partial charge on any atom is -0.437 e. The number of ether oxygens (including phenoxy) is 1. The Kier molecular flexibility index (Phi) is 6.24. The predicted octanol–water partition coefficient (Wildman–Crippen LogP) is 9.67. The van der Waals surface area contributed by atoms with Gasteiger partial charge >= 0.3 is 18.5 Å². The number of hydrogen-bond acceptors (Lipinski definition) is 4. The van der Waals surface area contributed by atoms with Gasteiger partial charge in [-0.05, 0) is 47.3 Å². The lowest BCUT2D eigenvalue weighted by molar-refractivity contribution is -0.175. The summed E-state index contributed by atoms with van der Waals surface area (Å²) >= 11 is 1.32. The summed E-state index contributed by atoms with van der Waals surface area (Å²) in [6.07, 6.45) is -17.5. The second-order valence-electron chi connectivity index (χ2n) is 8.47. The SMILES string of the molecule is Cc1c(Oc2nnc(-c3cccs3)c3cc4ccccc4cc23)cc(C(F)(F)F)c(C(F)(F)F)c1C(F)(F)F. The molecule has 0 aliphatic rings. The van der Waals surface area contributed by atoms with E-state index in [1.54, 1.807) is 53.9 Å². The Balaban J connectivity index is 1.79. The van der Waals surface area contributed by atoms with Gasteiger partial charge in [0.1, 0.15) is 11.4 Å². The first-order valence-corrected chi connectivity index (χ1v) is 11.8. The molecule has 3 aromatic carbocycles. The summed E-state index contributed by atoms with van der Waals surface area (Å²) < 4.78 is 129. The Morgan fingerprint density at radius 1 is 0.692 bits per heavy atom. The van der Waals surface area contributed by atoms with Crippen LogP contribution in [0, 0.1) is 6.92 Å². The quantitative estimate of drug-likeness (QED) is 0.160. The molecule has 202 valence electrons. The molecule has 5 rings (SSSR count). The first kappa shape index (κ1) is 26.7. The number of hydrogen-bond donors (Lipinski definition) is 0. The van der Waals surface area contributed by atoms with Crippen molar-refractivity contribution in [2.24, 2.45) is 0 Å². The summed E-state index contributed by atoms with van der Waals surface area (Å²) in [4.78, 5) is 0.679. The van der Waals surface area contributed by atoms with Gasteiger partial charge in [0.15, 0.2) is 0 Å². The fourth-order valence-corrected chi connectivity index (χ4v) is 5.05. The maximum atomic E-state index is 13.8. The van der Waals surface area contributed by atoms with Gasteiger partial charge in [-0.3, -0.25) is 0 Å². The van der Waals surface area contributed by atoms with Crippen molar-refractivity contribution in [3.05, 3.63) is 82.2 Å². The molecule has 0 amide bonds. The van der Waals surface area contributed by atoms with Gasteiger partial charge in [-0.1, -0.05) is 30.3 Å². The summed E-state index contributed by atoms with van der Waals surface area (Å²) in [7, 11) is 0. The van der Waals surface area contributed by atoms with E-state index in [-0.39, 0.29) is 11.5 Å². The third-order valence-corrected chi connectivity index (χ3v) is 6.86. The smallest absolute Gasteiger partial charge is 0.417 e. The van der Waals surface area contributed by atoms with Crippen molar-refractivity contribution in [2.75, 3.05) is 0 Å². The minimum atomic E-state index is -5.95. The Hall–Kier alpha value is -3.87. The van der Waals surface area contributed by atoms with E-state index in [4.69, 9.17) is 4.74 Å². The van der Waals surface area contributed by atoms with Gasteiger partial charge in [-0.25, -0.2) is 0 Å². The molecule has 13 heteroatoms. The first-order chi connectivity index (χ1) is 18.2. The molecule has 3 nitrogen and oxygen atoms in total. The third-order valence-electron chi connectivity index (χ3n) is 5.99. The van der Waals surface area contributed by atoms with Crippen LogP contribution in [-0.4, -0.2) is 10.2 Å². The lowest BCUT2D eigenvalue weighted by Gasteiger charge is -2.24. The van der Waals surface area contributed by atoms with Crippen molar-refractivity contribution in [1.82, 2.24) is 10.2 Å². The molecule has 0 atom stereocenters. The second-order valence-corrected chi connectivity index (χ2v) is 9.42. The van der Waals surface area contributed by atoms with Crippen molar-refractivity contribution < 1.29 is 44.3 Å². The number of fused-ring (bicyclic) bond motifs is 2. The van der Waals surface area contributed by atoms with Gasteiger partial charge in [-0.2, -0.15) is 39.5 Å². The van der Waals surface area contributed by atoms with E-state index in [0.29, 0.717) is 28.3 Å². The topological polar surface area (TPSA) is 35.0 Å². The highest BCUT2D eigenvalue weighted by molar-refractivity contribution is 7.13. The van der Waals surface area contributed by atoms with Crippen molar-refractivity contribution in [3.8, 4) is 22.2 Å². The molecule has 0 N–H and O–H groups in total. The number of rotatable bonds is 3. The summed E-state index contributed by atoms with van der Waals surface area (Å²) in [5, 5.41) is 11.8. The van der Waals surface area contributed by atoms with Crippen molar-refractivity contribution >= 4 is 32.9 Å². The summed E-state index contributed by atoms with van der Waals surface area (Å²) in [5.41, 5.74) is -8.64. The lowest BCUT2D eigenvalue weighted by atomic mass is 9.94. The molecule has 0 bridgehead atoms. The maximum Gasteiger partial charge on any atom is 0.417 e. The highest BCUT2D eigenvalue weighted by atomic mass is 32.1. The van der Waals surface area contributed by atoms with Crippen LogP contribution < -0.4 is 4.74 Å². The molecule has 2 aromatic heterocycles. The first-order valence-electron chi connectivity index (χ1n) is 11.0. The van der Waals surface area contributed by atoms with Crippen molar-refractivity contribution in [3.63, 3.8) is 0 Å². The van der Waals surface area contributed by atoms with E-state index >= 15 is 0 Å². The van der Waals surface area contributed by atoms with Gasteiger partial charge in [-0.15, -0.1) is 21.5 Å². The fourth-order valence-electron chi connectivity index (χ4n) is 4.33. The lowest BCUT2D eigenvalue weighted by Crippen LogP contribution is -2.24. The van der Waals surface area contributed by atoms with Crippen LogP contribution in [0.3, 0.4) is 0 Å². The molecule has 0 radical (unpaired) electrons. The van der Waals surface area contributed by atoms with Crippen LogP contribution in [-0.2, 0) is 18.5 Å². The average molecular weight is 572 g/mol. The number of benzene rings is 3. The van der Waals surface area contributed by atoms with E-state index in [1.807, 2.05) is 0 Å². The Morgan fingerprint density at radius 3 is 1.85 bits per heavy atom. The highest BCUT2D eigenvalue weighted by Crippen LogP contribution is 2.51. The van der Waals surface area contributed by atoms with E-state index in [9.17, 15) is 39.5 Å². The molecule has 0 fully saturated rings. The van der Waals surface area contributed by atoms with Crippen LogP contribution in [0.15, 0.2) is 60.0 Å². The Morgan fingerprint density at radius 2 is 1.31 bits per heavy atom. The molecular weight excluding hydrogens is 559 g/mol. The van der Waals surface area contributed by atoms with E-state index < -0.39 is 52.4 Å². The van der Waals surface area contributed by atoms with Gasteiger partial charge in [0.25, 0.3) is 0 Å². The number of halogens is 9. The van der Waals surface area contributed by atoms with Gasteiger partial charge < -0.3 is 4.74 Å². The highest BCUT2D eigenvalue weighted by Gasteiger charge is 2.51. The zero-order chi connectivity index (χ0) is 28.3. The zero-order valence-corrected chi connectivity index (χ0v) is 20.2. The average Bonchev–Trinajstić information content (AvgIpc) is 3.36. The third kappa shape index (κ3) is 4.86. The molecule has 0 saturated heterocycles. The van der Waals surface area contributed by atoms with Gasteiger partial charge in [0.2, 0.25) is 5.88 Å². The van der Waals surface area contributed by atoms with Crippen LogP contribution in [0.5, 0.6) is 11.6 Å². The number of aromatic nitrogens is 2. The van der Waals surface area contributed by atoms with Gasteiger partial charge in [0.05, 0.1) is 21.6 Å². The number of nitrogens with zero attached hydrogens (tertiary/aromatic N) is 2. The fraction of sp³-hybridized carbons (Fsp3) is 0.154. The van der Waals surface area contributed by atoms with Crippen LogP contribution in [0.1, 0.15) is 22.3 Å². The number of alkyl halides is 9. The summed E-state index contributed by atoms with van der Waals surface area (Å²) in [6.45, 7) is 0.610. The maximum absolute atomic E-state index is 13.8. The molecule has 39 heavy (non-hydrogen) atoms. The van der Waals surface area contributed by atoms with Gasteiger partial charge in [0, 0.05) is 16.3 Å². The zero-order valence-electron chi connectivity index (χ0n) is 19.4. The van der Waals surface area contributed by atoms with E-state index in [1.165, 1.54) is 11.3 Å².